The molecule has 0 aliphatic heterocycles. The molecule has 0 atom stereocenters. The van der Waals surface area contributed by atoms with E-state index in [9.17, 15) is 0 Å². The Labute approximate surface area is 218 Å². The van der Waals surface area contributed by atoms with Crippen molar-refractivity contribution in [2.45, 2.75) is 37.8 Å². The molecular weight excluding hydrogens is 462 g/mol. The van der Waals surface area contributed by atoms with Crippen molar-refractivity contribution in [3.05, 3.63) is 84.9 Å². The SMILES string of the molecule is CN(C)c1cc(NC2CCC(NC(=S)Nc3ccccc3-c3ccccc3)CC2)nc2ccccc12. The van der Waals surface area contributed by atoms with E-state index in [4.69, 9.17) is 17.2 Å². The van der Waals surface area contributed by atoms with E-state index in [2.05, 4.69) is 102 Å². The first kappa shape index (κ1) is 24.1. The molecule has 5 nitrogen and oxygen atoms in total. The molecule has 6 heteroatoms. The first-order valence-electron chi connectivity index (χ1n) is 12.6. The summed E-state index contributed by atoms with van der Waals surface area (Å²) >= 11 is 5.69. The van der Waals surface area contributed by atoms with Gasteiger partial charge < -0.3 is 20.9 Å². The van der Waals surface area contributed by atoms with Gasteiger partial charge in [-0.3, -0.25) is 0 Å². The van der Waals surface area contributed by atoms with Crippen LogP contribution in [0.2, 0.25) is 0 Å². The molecule has 0 radical (unpaired) electrons. The molecule has 3 aromatic carbocycles. The zero-order chi connectivity index (χ0) is 24.9. The number of aromatic nitrogens is 1. The molecule has 3 N–H and O–H groups in total. The van der Waals surface area contributed by atoms with Crippen LogP contribution in [0.4, 0.5) is 17.2 Å². The summed E-state index contributed by atoms with van der Waals surface area (Å²) in [6, 6.07) is 30.0. The predicted molar refractivity (Wildman–Crippen MR) is 157 cm³/mol. The number of nitrogens with one attached hydrogen (secondary N) is 3. The Morgan fingerprint density at radius 3 is 2.28 bits per heavy atom. The van der Waals surface area contributed by atoms with E-state index in [1.807, 2.05) is 18.2 Å². The van der Waals surface area contributed by atoms with Gasteiger partial charge in [0.2, 0.25) is 0 Å². The molecule has 1 heterocycles. The fraction of sp³-hybridized carbons (Fsp3) is 0.267. The fourth-order valence-corrected chi connectivity index (χ4v) is 5.27. The van der Waals surface area contributed by atoms with E-state index in [-0.39, 0.29) is 0 Å². The molecule has 0 bridgehead atoms. The van der Waals surface area contributed by atoms with E-state index in [1.165, 1.54) is 16.6 Å². The molecule has 0 saturated heterocycles. The second kappa shape index (κ2) is 11.0. The van der Waals surface area contributed by atoms with Crippen molar-refractivity contribution < 1.29 is 0 Å². The number of anilines is 3. The van der Waals surface area contributed by atoms with Gasteiger partial charge in [0.1, 0.15) is 5.82 Å². The molecule has 1 aliphatic carbocycles. The highest BCUT2D eigenvalue weighted by Gasteiger charge is 2.22. The third kappa shape index (κ3) is 5.60. The Morgan fingerprint density at radius 2 is 1.50 bits per heavy atom. The first-order valence-corrected chi connectivity index (χ1v) is 13.0. The van der Waals surface area contributed by atoms with E-state index in [0.29, 0.717) is 17.2 Å². The second-order valence-corrected chi connectivity index (χ2v) is 10.0. The Kier molecular flexibility index (Phi) is 7.33. The summed E-state index contributed by atoms with van der Waals surface area (Å²) in [6.07, 6.45) is 4.28. The average Bonchev–Trinajstić information content (AvgIpc) is 2.90. The van der Waals surface area contributed by atoms with Crippen molar-refractivity contribution in [2.75, 3.05) is 29.6 Å². The van der Waals surface area contributed by atoms with Crippen LogP contribution in [0, 0.1) is 0 Å². The Bertz CT molecular complexity index is 1330. The molecular formula is C30H33N5S. The van der Waals surface area contributed by atoms with Crippen molar-refractivity contribution in [3.8, 4) is 11.1 Å². The molecule has 5 rings (SSSR count). The third-order valence-electron chi connectivity index (χ3n) is 6.85. The highest BCUT2D eigenvalue weighted by Crippen LogP contribution is 2.30. The van der Waals surface area contributed by atoms with E-state index >= 15 is 0 Å². The van der Waals surface area contributed by atoms with Crippen molar-refractivity contribution >= 4 is 45.4 Å². The fourth-order valence-electron chi connectivity index (χ4n) is 5.00. The smallest absolute Gasteiger partial charge is 0.171 e. The number of thiocarbonyl (C=S) groups is 1. The largest absolute Gasteiger partial charge is 0.377 e. The Morgan fingerprint density at radius 1 is 0.833 bits per heavy atom. The second-order valence-electron chi connectivity index (χ2n) is 9.64. The van der Waals surface area contributed by atoms with Crippen molar-refractivity contribution in [3.63, 3.8) is 0 Å². The number of para-hydroxylation sites is 2. The van der Waals surface area contributed by atoms with E-state index in [0.717, 1.165) is 48.3 Å². The maximum absolute atomic E-state index is 5.69. The summed E-state index contributed by atoms with van der Waals surface area (Å²) < 4.78 is 0. The number of hydrogen-bond donors (Lipinski definition) is 3. The highest BCUT2D eigenvalue weighted by molar-refractivity contribution is 7.80. The topological polar surface area (TPSA) is 52.2 Å². The van der Waals surface area contributed by atoms with Gasteiger partial charge in [-0.1, -0.05) is 66.7 Å². The number of pyridine rings is 1. The Hall–Kier alpha value is -3.64. The number of hydrogen-bond acceptors (Lipinski definition) is 4. The lowest BCUT2D eigenvalue weighted by atomic mass is 9.91. The normalized spacial score (nSPS) is 17.4. The molecule has 1 fully saturated rings. The number of fused-ring (bicyclic) bond motifs is 1. The average molecular weight is 496 g/mol. The van der Waals surface area contributed by atoms with Crippen LogP contribution in [0.5, 0.6) is 0 Å². The van der Waals surface area contributed by atoms with Crippen LogP contribution < -0.4 is 20.9 Å². The zero-order valence-electron chi connectivity index (χ0n) is 20.9. The van der Waals surface area contributed by atoms with Crippen LogP contribution in [0.1, 0.15) is 25.7 Å². The summed E-state index contributed by atoms with van der Waals surface area (Å²) in [5.41, 5.74) is 5.56. The minimum absolute atomic E-state index is 0.369. The van der Waals surface area contributed by atoms with Crippen LogP contribution in [0.25, 0.3) is 22.0 Å². The molecule has 4 aromatic rings. The zero-order valence-corrected chi connectivity index (χ0v) is 21.7. The number of benzene rings is 3. The monoisotopic (exact) mass is 495 g/mol. The number of nitrogens with zero attached hydrogens (tertiary/aromatic N) is 2. The summed E-state index contributed by atoms with van der Waals surface area (Å²) in [5.74, 6) is 0.948. The summed E-state index contributed by atoms with van der Waals surface area (Å²) in [4.78, 5) is 7.03. The van der Waals surface area contributed by atoms with Gasteiger partial charge in [-0.05, 0) is 55.6 Å². The first-order chi connectivity index (χ1) is 17.6. The molecule has 0 unspecified atom stereocenters. The Balaban J connectivity index is 1.17. The minimum Gasteiger partial charge on any atom is -0.377 e. The maximum atomic E-state index is 5.69. The summed E-state index contributed by atoms with van der Waals surface area (Å²) in [5, 5.41) is 12.5. The van der Waals surface area contributed by atoms with E-state index in [1.54, 1.807) is 0 Å². The van der Waals surface area contributed by atoms with Gasteiger partial charge >= 0.3 is 0 Å². The van der Waals surface area contributed by atoms with E-state index < -0.39 is 0 Å². The summed E-state index contributed by atoms with van der Waals surface area (Å²) in [6.45, 7) is 0. The summed E-state index contributed by atoms with van der Waals surface area (Å²) in [7, 11) is 4.16. The van der Waals surface area contributed by atoms with Crippen LogP contribution in [-0.2, 0) is 0 Å². The van der Waals surface area contributed by atoms with Gasteiger partial charge in [-0.2, -0.15) is 0 Å². The van der Waals surface area contributed by atoms with Crippen molar-refractivity contribution in [1.82, 2.24) is 10.3 Å². The van der Waals surface area contributed by atoms with Gasteiger partial charge in [0.05, 0.1) is 5.52 Å². The van der Waals surface area contributed by atoms with Crippen molar-refractivity contribution in [2.24, 2.45) is 0 Å². The lowest BCUT2D eigenvalue weighted by Gasteiger charge is -2.31. The lowest BCUT2D eigenvalue weighted by Crippen LogP contribution is -2.42. The molecule has 0 spiro atoms. The molecule has 1 saturated carbocycles. The minimum atomic E-state index is 0.369. The lowest BCUT2D eigenvalue weighted by molar-refractivity contribution is 0.388. The van der Waals surface area contributed by atoms with Gasteiger partial charge in [0.15, 0.2) is 5.11 Å². The van der Waals surface area contributed by atoms with Gasteiger partial charge in [0, 0.05) is 54.6 Å². The standard InChI is InChI=1S/C30H33N5S/c1-35(2)28-20-29(33-27-15-9-7-13-25(27)28)31-22-16-18-23(19-17-22)32-30(36)34-26-14-8-6-12-24(26)21-10-4-3-5-11-21/h3-15,20,22-23H,16-19H2,1-2H3,(H,31,33)(H2,32,34,36). The van der Waals surface area contributed by atoms with Crippen LogP contribution in [0.3, 0.4) is 0 Å². The van der Waals surface area contributed by atoms with Crippen LogP contribution >= 0.6 is 12.2 Å². The molecule has 36 heavy (non-hydrogen) atoms. The van der Waals surface area contributed by atoms with Gasteiger partial charge in [-0.25, -0.2) is 4.98 Å². The number of rotatable bonds is 6. The molecule has 1 aromatic heterocycles. The quantitative estimate of drug-likeness (QED) is 0.260. The molecule has 184 valence electrons. The van der Waals surface area contributed by atoms with Gasteiger partial charge in [-0.15, -0.1) is 0 Å². The van der Waals surface area contributed by atoms with Crippen molar-refractivity contribution in [1.29, 1.82) is 0 Å². The highest BCUT2D eigenvalue weighted by atomic mass is 32.1. The third-order valence-corrected chi connectivity index (χ3v) is 7.07. The van der Waals surface area contributed by atoms with Crippen LogP contribution in [0.15, 0.2) is 84.9 Å². The molecule has 0 amide bonds. The van der Waals surface area contributed by atoms with Crippen LogP contribution in [-0.4, -0.2) is 36.3 Å². The predicted octanol–water partition coefficient (Wildman–Crippen LogP) is 6.68. The molecule has 1 aliphatic rings. The van der Waals surface area contributed by atoms with Gasteiger partial charge in [0.25, 0.3) is 0 Å². The maximum Gasteiger partial charge on any atom is 0.171 e.